The van der Waals surface area contributed by atoms with Crippen LogP contribution in [0.15, 0.2) is 12.1 Å². The molecule has 0 saturated heterocycles. The van der Waals surface area contributed by atoms with Crippen LogP contribution in [-0.4, -0.2) is 12.6 Å². The lowest BCUT2D eigenvalue weighted by atomic mass is 10.1. The Labute approximate surface area is 102 Å². The summed E-state index contributed by atoms with van der Waals surface area (Å²) in [6.07, 6.45) is 2.13. The number of benzene rings is 1. The van der Waals surface area contributed by atoms with Gasteiger partial charge < -0.3 is 15.8 Å². The first-order chi connectivity index (χ1) is 8.08. The SMILES string of the molecule is CCCC(C)Nc1cc(OCC)c(F)cc1N. The van der Waals surface area contributed by atoms with Gasteiger partial charge in [-0.25, -0.2) is 4.39 Å². The minimum atomic E-state index is -0.418. The first-order valence-electron chi connectivity index (χ1n) is 6.06. The van der Waals surface area contributed by atoms with Crippen LogP contribution in [0.4, 0.5) is 15.8 Å². The Morgan fingerprint density at radius 1 is 1.41 bits per heavy atom. The Morgan fingerprint density at radius 3 is 2.71 bits per heavy atom. The fourth-order valence-corrected chi connectivity index (χ4v) is 1.73. The summed E-state index contributed by atoms with van der Waals surface area (Å²) in [5.74, 6) is -0.175. The fraction of sp³-hybridized carbons (Fsp3) is 0.538. The van der Waals surface area contributed by atoms with Gasteiger partial charge in [-0.05, 0) is 20.3 Å². The van der Waals surface area contributed by atoms with E-state index in [-0.39, 0.29) is 5.75 Å². The number of nitrogen functional groups attached to an aromatic ring is 1. The van der Waals surface area contributed by atoms with Crippen molar-refractivity contribution in [2.45, 2.75) is 39.7 Å². The van der Waals surface area contributed by atoms with Gasteiger partial charge in [0.2, 0.25) is 0 Å². The highest BCUT2D eigenvalue weighted by Gasteiger charge is 2.10. The molecule has 1 atom stereocenters. The van der Waals surface area contributed by atoms with Crippen LogP contribution in [0.25, 0.3) is 0 Å². The number of hydrogen-bond acceptors (Lipinski definition) is 3. The number of halogens is 1. The quantitative estimate of drug-likeness (QED) is 0.749. The maximum absolute atomic E-state index is 13.5. The van der Waals surface area contributed by atoms with Gasteiger partial charge in [0.05, 0.1) is 18.0 Å². The second kappa shape index (κ2) is 6.33. The van der Waals surface area contributed by atoms with Crippen LogP contribution in [-0.2, 0) is 0 Å². The van der Waals surface area contributed by atoms with Gasteiger partial charge in [-0.15, -0.1) is 0 Å². The highest BCUT2D eigenvalue weighted by molar-refractivity contribution is 5.68. The van der Waals surface area contributed by atoms with Gasteiger partial charge in [-0.1, -0.05) is 13.3 Å². The third kappa shape index (κ3) is 3.80. The Balaban J connectivity index is 2.87. The van der Waals surface area contributed by atoms with E-state index in [2.05, 4.69) is 19.2 Å². The molecule has 0 spiro atoms. The molecule has 1 unspecified atom stereocenters. The standard InChI is InChI=1S/C13H21FN2O/c1-4-6-9(3)16-12-8-13(17-5-2)10(14)7-11(12)15/h7-9,16H,4-6,15H2,1-3H3. The molecule has 0 bridgehead atoms. The van der Waals surface area contributed by atoms with Crippen LogP contribution in [0.3, 0.4) is 0 Å². The summed E-state index contributed by atoms with van der Waals surface area (Å²) in [6.45, 7) is 6.46. The lowest BCUT2D eigenvalue weighted by molar-refractivity contribution is 0.322. The van der Waals surface area contributed by atoms with E-state index >= 15 is 0 Å². The van der Waals surface area contributed by atoms with Crippen LogP contribution in [0.5, 0.6) is 5.75 Å². The van der Waals surface area contributed by atoms with Crippen molar-refractivity contribution in [3.8, 4) is 5.75 Å². The Bertz CT molecular complexity index is 369. The average molecular weight is 240 g/mol. The summed E-state index contributed by atoms with van der Waals surface area (Å²) < 4.78 is 18.7. The molecule has 0 aromatic heterocycles. The molecule has 1 aromatic carbocycles. The fourth-order valence-electron chi connectivity index (χ4n) is 1.73. The molecule has 0 radical (unpaired) electrons. The molecule has 0 fully saturated rings. The smallest absolute Gasteiger partial charge is 0.167 e. The van der Waals surface area contributed by atoms with Crippen LogP contribution < -0.4 is 15.8 Å². The van der Waals surface area contributed by atoms with E-state index in [4.69, 9.17) is 10.5 Å². The topological polar surface area (TPSA) is 47.3 Å². The van der Waals surface area contributed by atoms with Gasteiger partial charge in [0.15, 0.2) is 11.6 Å². The van der Waals surface area contributed by atoms with Gasteiger partial charge in [-0.2, -0.15) is 0 Å². The molecule has 17 heavy (non-hydrogen) atoms. The molecule has 4 heteroatoms. The number of nitrogens with two attached hydrogens (primary N) is 1. The van der Waals surface area contributed by atoms with Crippen LogP contribution >= 0.6 is 0 Å². The predicted octanol–water partition coefficient (Wildman–Crippen LogP) is 3.41. The third-order valence-corrected chi connectivity index (χ3v) is 2.53. The maximum Gasteiger partial charge on any atom is 0.167 e. The van der Waals surface area contributed by atoms with E-state index in [1.54, 1.807) is 6.07 Å². The molecule has 3 nitrogen and oxygen atoms in total. The van der Waals surface area contributed by atoms with Crippen LogP contribution in [0.2, 0.25) is 0 Å². The summed E-state index contributed by atoms with van der Waals surface area (Å²) in [5, 5.41) is 3.27. The zero-order valence-corrected chi connectivity index (χ0v) is 10.7. The highest BCUT2D eigenvalue weighted by atomic mass is 19.1. The number of ether oxygens (including phenoxy) is 1. The lowest BCUT2D eigenvalue weighted by Crippen LogP contribution is -2.16. The Kier molecular flexibility index (Phi) is 5.07. The van der Waals surface area contributed by atoms with E-state index in [0.717, 1.165) is 18.5 Å². The first-order valence-corrected chi connectivity index (χ1v) is 6.06. The predicted molar refractivity (Wildman–Crippen MR) is 70.0 cm³/mol. The Hall–Kier alpha value is -1.45. The van der Waals surface area contributed by atoms with Crippen molar-refractivity contribution in [2.75, 3.05) is 17.7 Å². The number of rotatable bonds is 6. The highest BCUT2D eigenvalue weighted by Crippen LogP contribution is 2.29. The largest absolute Gasteiger partial charge is 0.491 e. The summed E-state index contributed by atoms with van der Waals surface area (Å²) >= 11 is 0. The van der Waals surface area contributed by atoms with Crippen LogP contribution in [0, 0.1) is 5.82 Å². The summed E-state index contributed by atoms with van der Waals surface area (Å²) in [6, 6.07) is 3.23. The summed E-state index contributed by atoms with van der Waals surface area (Å²) in [7, 11) is 0. The molecule has 1 rings (SSSR count). The van der Waals surface area contributed by atoms with Crippen LogP contribution in [0.1, 0.15) is 33.6 Å². The van der Waals surface area contributed by atoms with Crippen molar-refractivity contribution >= 4 is 11.4 Å². The van der Waals surface area contributed by atoms with E-state index < -0.39 is 5.82 Å². The maximum atomic E-state index is 13.5. The molecule has 0 aliphatic rings. The third-order valence-electron chi connectivity index (χ3n) is 2.53. The second-order valence-electron chi connectivity index (χ2n) is 4.14. The molecular formula is C13H21FN2O. The van der Waals surface area contributed by atoms with E-state index in [1.165, 1.54) is 6.07 Å². The lowest BCUT2D eigenvalue weighted by Gasteiger charge is -2.17. The molecule has 0 heterocycles. The van der Waals surface area contributed by atoms with Crippen molar-refractivity contribution < 1.29 is 9.13 Å². The van der Waals surface area contributed by atoms with Gasteiger partial charge in [0, 0.05) is 18.2 Å². The molecule has 0 amide bonds. The molecule has 96 valence electrons. The molecule has 3 N–H and O–H groups in total. The zero-order chi connectivity index (χ0) is 12.8. The second-order valence-corrected chi connectivity index (χ2v) is 4.14. The van der Waals surface area contributed by atoms with Gasteiger partial charge in [-0.3, -0.25) is 0 Å². The van der Waals surface area contributed by atoms with E-state index in [1.807, 2.05) is 6.92 Å². The van der Waals surface area contributed by atoms with Crippen molar-refractivity contribution in [3.05, 3.63) is 17.9 Å². The summed E-state index contributed by atoms with van der Waals surface area (Å²) in [4.78, 5) is 0. The molecule has 1 aromatic rings. The van der Waals surface area contributed by atoms with Crippen molar-refractivity contribution in [1.29, 1.82) is 0 Å². The van der Waals surface area contributed by atoms with E-state index in [9.17, 15) is 4.39 Å². The van der Waals surface area contributed by atoms with Crippen molar-refractivity contribution in [2.24, 2.45) is 0 Å². The minimum Gasteiger partial charge on any atom is -0.491 e. The normalized spacial score (nSPS) is 12.2. The van der Waals surface area contributed by atoms with E-state index in [0.29, 0.717) is 18.3 Å². The number of nitrogens with one attached hydrogen (secondary N) is 1. The molecular weight excluding hydrogens is 219 g/mol. The number of hydrogen-bond donors (Lipinski definition) is 2. The first kappa shape index (κ1) is 13.6. The average Bonchev–Trinajstić information content (AvgIpc) is 2.25. The zero-order valence-electron chi connectivity index (χ0n) is 10.7. The minimum absolute atomic E-state index is 0.243. The van der Waals surface area contributed by atoms with Crippen molar-refractivity contribution in [1.82, 2.24) is 0 Å². The van der Waals surface area contributed by atoms with Gasteiger partial charge >= 0.3 is 0 Å². The number of anilines is 2. The van der Waals surface area contributed by atoms with Gasteiger partial charge in [0.1, 0.15) is 0 Å². The monoisotopic (exact) mass is 240 g/mol. The molecule has 0 saturated carbocycles. The van der Waals surface area contributed by atoms with Crippen molar-refractivity contribution in [3.63, 3.8) is 0 Å². The summed E-state index contributed by atoms with van der Waals surface area (Å²) in [5.41, 5.74) is 6.92. The Morgan fingerprint density at radius 2 is 2.12 bits per heavy atom. The van der Waals surface area contributed by atoms with Gasteiger partial charge in [0.25, 0.3) is 0 Å². The molecule has 0 aliphatic heterocycles. The molecule has 0 aliphatic carbocycles.